The molecule has 0 amide bonds. The van der Waals surface area contributed by atoms with Crippen LogP contribution in [0.3, 0.4) is 0 Å². The molecule has 0 aliphatic rings. The van der Waals surface area contributed by atoms with Gasteiger partial charge in [0, 0.05) is 55.4 Å². The summed E-state index contributed by atoms with van der Waals surface area (Å²) in [6.07, 6.45) is 0.921. The number of alkyl halides is 2. The summed E-state index contributed by atoms with van der Waals surface area (Å²) >= 11 is 0. The van der Waals surface area contributed by atoms with Crippen LogP contribution in [0.1, 0.15) is 36.1 Å². The van der Waals surface area contributed by atoms with Crippen LogP contribution < -0.4 is 16.4 Å². The number of nitrogens with zero attached hydrogens (tertiary/aromatic N) is 4. The molecule has 0 radical (unpaired) electrons. The van der Waals surface area contributed by atoms with Gasteiger partial charge >= 0.3 is 0 Å². The minimum Gasteiger partial charge on any atom is -0.378 e. The molecule has 42 heavy (non-hydrogen) atoms. The van der Waals surface area contributed by atoms with E-state index in [-0.39, 0.29) is 22.6 Å². The van der Waals surface area contributed by atoms with Gasteiger partial charge in [-0.25, -0.2) is 31.9 Å². The molecule has 1 unspecified atom stereocenters. The van der Waals surface area contributed by atoms with Crippen molar-refractivity contribution in [2.75, 3.05) is 5.32 Å². The lowest BCUT2D eigenvalue weighted by molar-refractivity contribution is 0.146. The zero-order valence-corrected chi connectivity index (χ0v) is 22.8. The molecule has 0 saturated carbocycles. The maximum Gasteiger partial charge on any atom is 0.287 e. The number of aryl methyl sites for hydroxylation is 2. The van der Waals surface area contributed by atoms with Crippen molar-refractivity contribution < 1.29 is 22.0 Å². The van der Waals surface area contributed by atoms with E-state index < -0.39 is 41.0 Å². The molecule has 0 aliphatic carbocycles. The standard InChI is InChI=1S/C30H24F5N5O2/c1-14-9-18(15(2)38-22-6-5-21(31)26(33)24(22)27(34)35)19-11-23(40(4)29(41)20(19)10-14)16-12-36-28(37-13-16)17-7-8-39(3)30(42)25(17)32/h5-13,15,27,38H,1-4H3. The topological polar surface area (TPSA) is 81.8 Å². The fourth-order valence-corrected chi connectivity index (χ4v) is 4.91. The van der Waals surface area contributed by atoms with Crippen LogP contribution in [-0.2, 0) is 14.1 Å². The Hall–Kier alpha value is -4.87. The van der Waals surface area contributed by atoms with Crippen LogP contribution in [0, 0.1) is 24.4 Å². The number of hydrogen-bond donors (Lipinski definition) is 1. The average Bonchev–Trinajstić information content (AvgIpc) is 2.95. The highest BCUT2D eigenvalue weighted by atomic mass is 19.3. The molecule has 1 N–H and O–H groups in total. The normalized spacial score (nSPS) is 12.2. The maximum absolute atomic E-state index is 14.5. The van der Waals surface area contributed by atoms with E-state index in [1.54, 1.807) is 39.1 Å². The second-order valence-corrected chi connectivity index (χ2v) is 9.95. The number of nitrogens with one attached hydrogen (secondary N) is 1. The Bertz CT molecular complexity index is 1970. The van der Waals surface area contributed by atoms with Gasteiger partial charge in [0.25, 0.3) is 17.5 Å². The minimum absolute atomic E-state index is 0.0183. The summed E-state index contributed by atoms with van der Waals surface area (Å²) in [5, 5.41) is 3.68. The van der Waals surface area contributed by atoms with E-state index in [1.165, 1.54) is 36.3 Å². The Morgan fingerprint density at radius 3 is 2.24 bits per heavy atom. The lowest BCUT2D eigenvalue weighted by atomic mass is 9.96. The van der Waals surface area contributed by atoms with Gasteiger partial charge in [-0.05, 0) is 60.7 Å². The second kappa shape index (κ2) is 10.8. The predicted octanol–water partition coefficient (Wildman–Crippen LogP) is 6.20. The highest BCUT2D eigenvalue weighted by Crippen LogP contribution is 2.35. The van der Waals surface area contributed by atoms with E-state index in [4.69, 9.17) is 0 Å². The van der Waals surface area contributed by atoms with Crippen LogP contribution >= 0.6 is 0 Å². The fraction of sp³-hybridized carbons (Fsp3) is 0.200. The van der Waals surface area contributed by atoms with E-state index in [2.05, 4.69) is 15.3 Å². The maximum atomic E-state index is 14.5. The number of halogens is 5. The zero-order valence-electron chi connectivity index (χ0n) is 22.8. The SMILES string of the molecule is Cc1cc(C(C)Nc2ccc(F)c(F)c2C(F)F)c2cc(-c3cnc(-c4ccn(C)c(=O)c4F)nc3)n(C)c(=O)c2c1. The van der Waals surface area contributed by atoms with E-state index >= 15 is 0 Å². The first-order valence-electron chi connectivity index (χ1n) is 12.7. The molecule has 12 heteroatoms. The highest BCUT2D eigenvalue weighted by molar-refractivity contribution is 5.89. The number of fused-ring (bicyclic) bond motifs is 1. The van der Waals surface area contributed by atoms with Crippen molar-refractivity contribution in [1.29, 1.82) is 0 Å². The van der Waals surface area contributed by atoms with Gasteiger partial charge in [-0.2, -0.15) is 0 Å². The monoisotopic (exact) mass is 581 g/mol. The Kier molecular flexibility index (Phi) is 7.40. The van der Waals surface area contributed by atoms with Gasteiger partial charge in [0.2, 0.25) is 0 Å². The number of hydrogen-bond acceptors (Lipinski definition) is 5. The number of pyridine rings is 2. The molecular formula is C30H24F5N5O2. The molecule has 3 aromatic heterocycles. The smallest absolute Gasteiger partial charge is 0.287 e. The lowest BCUT2D eigenvalue weighted by Crippen LogP contribution is -2.21. The summed E-state index contributed by atoms with van der Waals surface area (Å²) in [4.78, 5) is 33.9. The summed E-state index contributed by atoms with van der Waals surface area (Å²) in [7, 11) is 2.98. The molecule has 0 spiro atoms. The molecule has 5 rings (SSSR count). The van der Waals surface area contributed by atoms with Crippen LogP contribution in [-0.4, -0.2) is 19.1 Å². The minimum atomic E-state index is -3.26. The van der Waals surface area contributed by atoms with Gasteiger partial charge in [-0.3, -0.25) is 9.59 Å². The number of aromatic nitrogens is 4. The number of anilines is 1. The molecule has 0 aliphatic heterocycles. The van der Waals surface area contributed by atoms with Gasteiger partial charge in [0.15, 0.2) is 23.3 Å². The van der Waals surface area contributed by atoms with Crippen molar-refractivity contribution in [2.45, 2.75) is 26.3 Å². The molecular weight excluding hydrogens is 557 g/mol. The fourth-order valence-electron chi connectivity index (χ4n) is 4.91. The van der Waals surface area contributed by atoms with E-state index in [9.17, 15) is 31.5 Å². The van der Waals surface area contributed by atoms with Crippen LogP contribution in [0.25, 0.3) is 33.4 Å². The Morgan fingerprint density at radius 2 is 1.57 bits per heavy atom. The first kappa shape index (κ1) is 28.7. The Labute approximate surface area is 235 Å². The Morgan fingerprint density at radius 1 is 0.881 bits per heavy atom. The van der Waals surface area contributed by atoms with Gasteiger partial charge in [-0.1, -0.05) is 6.07 Å². The molecule has 3 heterocycles. The van der Waals surface area contributed by atoms with Crippen LogP contribution in [0.2, 0.25) is 0 Å². The third-order valence-electron chi connectivity index (χ3n) is 7.12. The Balaban J connectivity index is 1.61. The first-order chi connectivity index (χ1) is 19.9. The van der Waals surface area contributed by atoms with Crippen molar-refractivity contribution in [2.24, 2.45) is 14.1 Å². The number of rotatable bonds is 6. The third-order valence-corrected chi connectivity index (χ3v) is 7.12. The van der Waals surface area contributed by atoms with Crippen molar-refractivity contribution in [3.8, 4) is 22.6 Å². The van der Waals surface area contributed by atoms with Crippen molar-refractivity contribution in [3.05, 3.63) is 110 Å². The third kappa shape index (κ3) is 4.93. The van der Waals surface area contributed by atoms with Gasteiger partial charge in [0.05, 0.1) is 16.8 Å². The summed E-state index contributed by atoms with van der Waals surface area (Å²) < 4.78 is 72.2. The predicted molar refractivity (Wildman–Crippen MR) is 149 cm³/mol. The molecule has 0 bridgehead atoms. The highest BCUT2D eigenvalue weighted by Gasteiger charge is 2.24. The van der Waals surface area contributed by atoms with Crippen LogP contribution in [0.5, 0.6) is 0 Å². The summed E-state index contributed by atoms with van der Waals surface area (Å²) in [6.45, 7) is 3.42. The van der Waals surface area contributed by atoms with Gasteiger partial charge in [0.1, 0.15) is 0 Å². The lowest BCUT2D eigenvalue weighted by Gasteiger charge is -2.22. The summed E-state index contributed by atoms with van der Waals surface area (Å²) in [5.74, 6) is -4.03. The summed E-state index contributed by atoms with van der Waals surface area (Å²) in [5.41, 5.74) is -0.529. The average molecular weight is 582 g/mol. The first-order valence-corrected chi connectivity index (χ1v) is 12.7. The number of benzene rings is 2. The molecule has 1 atom stereocenters. The zero-order chi connectivity index (χ0) is 30.5. The molecule has 2 aromatic carbocycles. The largest absolute Gasteiger partial charge is 0.378 e. The summed E-state index contributed by atoms with van der Waals surface area (Å²) in [6, 6.07) is 7.65. The molecule has 7 nitrogen and oxygen atoms in total. The second-order valence-electron chi connectivity index (χ2n) is 9.95. The van der Waals surface area contributed by atoms with E-state index in [0.29, 0.717) is 27.6 Å². The quantitative estimate of drug-likeness (QED) is 0.242. The van der Waals surface area contributed by atoms with Gasteiger partial charge in [-0.15, -0.1) is 0 Å². The van der Waals surface area contributed by atoms with Gasteiger partial charge < -0.3 is 14.5 Å². The molecule has 0 fully saturated rings. The van der Waals surface area contributed by atoms with Crippen molar-refractivity contribution in [1.82, 2.24) is 19.1 Å². The van der Waals surface area contributed by atoms with Crippen molar-refractivity contribution in [3.63, 3.8) is 0 Å². The van der Waals surface area contributed by atoms with E-state index in [0.717, 1.165) is 22.3 Å². The molecule has 216 valence electrons. The van der Waals surface area contributed by atoms with E-state index in [1.807, 2.05) is 0 Å². The van der Waals surface area contributed by atoms with Crippen LogP contribution in [0.15, 0.2) is 64.6 Å². The van der Waals surface area contributed by atoms with Crippen LogP contribution in [0.4, 0.5) is 27.6 Å². The van der Waals surface area contributed by atoms with Crippen molar-refractivity contribution >= 4 is 16.5 Å². The molecule has 0 saturated heterocycles. The molecule has 5 aromatic rings.